The number of nitrogens with zero attached hydrogens (tertiary/aromatic N) is 3. The lowest BCUT2D eigenvalue weighted by Crippen LogP contribution is -2.18. The summed E-state index contributed by atoms with van der Waals surface area (Å²) in [6.45, 7) is 6.57. The van der Waals surface area contributed by atoms with Crippen LogP contribution in [-0.4, -0.2) is 15.1 Å². The molecule has 0 radical (unpaired) electrons. The fraction of sp³-hybridized carbons (Fsp3) is 0.545. The molecule has 92 valence electrons. The van der Waals surface area contributed by atoms with Crippen LogP contribution < -0.4 is 5.32 Å². The second-order valence-electron chi connectivity index (χ2n) is 3.86. The van der Waals surface area contributed by atoms with E-state index < -0.39 is 0 Å². The van der Waals surface area contributed by atoms with Crippen LogP contribution in [0.5, 0.6) is 0 Å². The topological polar surface area (TPSA) is 63.8 Å². The first-order valence-electron chi connectivity index (χ1n) is 5.66. The zero-order chi connectivity index (χ0) is 12.3. The Labute approximate surface area is 104 Å². The number of aromatic nitrogens is 3. The molecule has 0 aromatic carbocycles. The van der Waals surface area contributed by atoms with Crippen molar-refractivity contribution < 1.29 is 4.52 Å². The molecular formula is C11H16N4OS. The van der Waals surface area contributed by atoms with Crippen LogP contribution in [0.1, 0.15) is 42.3 Å². The van der Waals surface area contributed by atoms with Crippen molar-refractivity contribution in [2.45, 2.75) is 39.8 Å². The quantitative estimate of drug-likeness (QED) is 0.884. The zero-order valence-electron chi connectivity index (χ0n) is 10.2. The minimum Gasteiger partial charge on any atom is -0.338 e. The van der Waals surface area contributed by atoms with Crippen LogP contribution in [0.4, 0.5) is 0 Å². The van der Waals surface area contributed by atoms with E-state index in [-0.39, 0.29) is 6.04 Å². The van der Waals surface area contributed by atoms with E-state index in [1.807, 2.05) is 6.92 Å². The van der Waals surface area contributed by atoms with Crippen LogP contribution in [0.25, 0.3) is 0 Å². The molecule has 17 heavy (non-hydrogen) atoms. The van der Waals surface area contributed by atoms with Crippen LogP contribution >= 0.6 is 11.3 Å². The monoisotopic (exact) mass is 252 g/mol. The van der Waals surface area contributed by atoms with Gasteiger partial charge in [0, 0.05) is 11.4 Å². The number of aryl methyl sites for hydroxylation is 2. The highest BCUT2D eigenvalue weighted by Gasteiger charge is 2.10. The van der Waals surface area contributed by atoms with Gasteiger partial charge in [0.05, 0.1) is 17.2 Å². The van der Waals surface area contributed by atoms with Gasteiger partial charge in [0.1, 0.15) is 0 Å². The van der Waals surface area contributed by atoms with Crippen molar-refractivity contribution in [1.82, 2.24) is 20.4 Å². The standard InChI is InChI=1S/C11H16N4OS/c1-4-11-14-9(6-17-11)7(2)12-5-10-13-8(3)15-16-10/h6-7,12H,4-5H2,1-3H3. The molecule has 0 aliphatic carbocycles. The molecule has 2 heterocycles. The third-order valence-electron chi connectivity index (χ3n) is 2.44. The molecule has 0 amide bonds. The van der Waals surface area contributed by atoms with Crippen molar-refractivity contribution in [3.05, 3.63) is 27.8 Å². The minimum absolute atomic E-state index is 0.193. The van der Waals surface area contributed by atoms with E-state index in [0.717, 1.165) is 12.1 Å². The number of rotatable bonds is 5. The molecule has 2 aromatic rings. The molecule has 0 spiro atoms. The highest BCUT2D eigenvalue weighted by molar-refractivity contribution is 7.09. The Balaban J connectivity index is 1.90. The second kappa shape index (κ2) is 5.37. The van der Waals surface area contributed by atoms with Crippen LogP contribution in [0.2, 0.25) is 0 Å². The van der Waals surface area contributed by atoms with Gasteiger partial charge < -0.3 is 9.84 Å². The highest BCUT2D eigenvalue weighted by atomic mass is 32.1. The van der Waals surface area contributed by atoms with Crippen molar-refractivity contribution in [1.29, 1.82) is 0 Å². The normalized spacial score (nSPS) is 12.9. The van der Waals surface area contributed by atoms with Crippen LogP contribution in [0.15, 0.2) is 9.90 Å². The van der Waals surface area contributed by atoms with E-state index in [0.29, 0.717) is 18.3 Å². The van der Waals surface area contributed by atoms with Gasteiger partial charge in [-0.25, -0.2) is 4.98 Å². The fourth-order valence-corrected chi connectivity index (χ4v) is 2.28. The van der Waals surface area contributed by atoms with Gasteiger partial charge >= 0.3 is 0 Å². The molecule has 0 aliphatic rings. The Morgan fingerprint density at radius 3 is 2.88 bits per heavy atom. The summed E-state index contributed by atoms with van der Waals surface area (Å²) in [6, 6.07) is 0.193. The molecular weight excluding hydrogens is 236 g/mol. The van der Waals surface area contributed by atoms with E-state index in [4.69, 9.17) is 4.52 Å². The molecule has 0 fully saturated rings. The summed E-state index contributed by atoms with van der Waals surface area (Å²) in [7, 11) is 0. The van der Waals surface area contributed by atoms with E-state index >= 15 is 0 Å². The lowest BCUT2D eigenvalue weighted by Gasteiger charge is -2.08. The maximum atomic E-state index is 5.04. The van der Waals surface area contributed by atoms with Gasteiger partial charge in [-0.05, 0) is 20.3 Å². The molecule has 0 saturated heterocycles. The van der Waals surface area contributed by atoms with Crippen molar-refractivity contribution >= 4 is 11.3 Å². The van der Waals surface area contributed by atoms with E-state index in [2.05, 4.69) is 39.7 Å². The lowest BCUT2D eigenvalue weighted by atomic mass is 10.2. The Bertz CT molecular complexity index is 479. The molecule has 5 nitrogen and oxygen atoms in total. The molecule has 0 bridgehead atoms. The first-order chi connectivity index (χ1) is 8.19. The third kappa shape index (κ3) is 3.10. The SMILES string of the molecule is CCc1nc(C(C)NCc2nc(C)no2)cs1. The number of thiazole rings is 1. The summed E-state index contributed by atoms with van der Waals surface area (Å²) >= 11 is 1.70. The summed E-state index contributed by atoms with van der Waals surface area (Å²) < 4.78 is 5.04. The minimum atomic E-state index is 0.193. The maximum absolute atomic E-state index is 5.04. The summed E-state index contributed by atoms with van der Waals surface area (Å²) in [5.74, 6) is 1.27. The fourth-order valence-electron chi connectivity index (χ4n) is 1.44. The maximum Gasteiger partial charge on any atom is 0.240 e. The summed E-state index contributed by atoms with van der Waals surface area (Å²) in [4.78, 5) is 8.68. The lowest BCUT2D eigenvalue weighted by molar-refractivity contribution is 0.357. The predicted molar refractivity (Wildman–Crippen MR) is 65.8 cm³/mol. The Kier molecular flexibility index (Phi) is 3.86. The van der Waals surface area contributed by atoms with Crippen LogP contribution in [0.3, 0.4) is 0 Å². The molecule has 0 saturated carbocycles. The van der Waals surface area contributed by atoms with Crippen molar-refractivity contribution in [2.75, 3.05) is 0 Å². The third-order valence-corrected chi connectivity index (χ3v) is 3.46. The van der Waals surface area contributed by atoms with Gasteiger partial charge in [0.25, 0.3) is 0 Å². The first-order valence-corrected chi connectivity index (χ1v) is 6.54. The summed E-state index contributed by atoms with van der Waals surface area (Å²) in [5, 5.41) is 10.3. The van der Waals surface area contributed by atoms with E-state index in [9.17, 15) is 0 Å². The second-order valence-corrected chi connectivity index (χ2v) is 4.80. The molecule has 1 N–H and O–H groups in total. The average Bonchev–Trinajstić information content (AvgIpc) is 2.94. The smallest absolute Gasteiger partial charge is 0.240 e. The Morgan fingerprint density at radius 2 is 2.29 bits per heavy atom. The van der Waals surface area contributed by atoms with Gasteiger partial charge in [-0.3, -0.25) is 0 Å². The highest BCUT2D eigenvalue weighted by Crippen LogP contribution is 2.17. The summed E-state index contributed by atoms with van der Waals surface area (Å²) in [6.07, 6.45) is 0.986. The zero-order valence-corrected chi connectivity index (χ0v) is 11.0. The first kappa shape index (κ1) is 12.2. The number of hydrogen-bond acceptors (Lipinski definition) is 6. The van der Waals surface area contributed by atoms with Gasteiger partial charge in [-0.15, -0.1) is 11.3 Å². The van der Waals surface area contributed by atoms with Crippen molar-refractivity contribution in [2.24, 2.45) is 0 Å². The van der Waals surface area contributed by atoms with Gasteiger partial charge in [0.15, 0.2) is 5.82 Å². The van der Waals surface area contributed by atoms with Gasteiger partial charge in [-0.2, -0.15) is 4.98 Å². The molecule has 2 rings (SSSR count). The van der Waals surface area contributed by atoms with Gasteiger partial charge in [0.2, 0.25) is 5.89 Å². The largest absolute Gasteiger partial charge is 0.338 e. The Hall–Kier alpha value is -1.27. The number of nitrogens with one attached hydrogen (secondary N) is 1. The van der Waals surface area contributed by atoms with E-state index in [1.54, 1.807) is 11.3 Å². The molecule has 1 atom stereocenters. The molecule has 1 unspecified atom stereocenters. The number of hydrogen-bond donors (Lipinski definition) is 1. The molecule has 0 aliphatic heterocycles. The average molecular weight is 252 g/mol. The van der Waals surface area contributed by atoms with Crippen LogP contribution in [-0.2, 0) is 13.0 Å². The van der Waals surface area contributed by atoms with Crippen molar-refractivity contribution in [3.8, 4) is 0 Å². The van der Waals surface area contributed by atoms with E-state index in [1.165, 1.54) is 5.01 Å². The molecule has 2 aromatic heterocycles. The predicted octanol–water partition coefficient (Wildman–Crippen LogP) is 2.25. The Morgan fingerprint density at radius 1 is 1.47 bits per heavy atom. The summed E-state index contributed by atoms with van der Waals surface area (Å²) in [5.41, 5.74) is 1.07. The van der Waals surface area contributed by atoms with Crippen molar-refractivity contribution in [3.63, 3.8) is 0 Å². The van der Waals surface area contributed by atoms with Crippen LogP contribution in [0, 0.1) is 6.92 Å². The molecule has 6 heteroatoms. The van der Waals surface area contributed by atoms with Gasteiger partial charge in [-0.1, -0.05) is 12.1 Å².